The Morgan fingerprint density at radius 2 is 2.03 bits per heavy atom. The summed E-state index contributed by atoms with van der Waals surface area (Å²) < 4.78 is 21.3. The SMILES string of the molecule is O=C1CC(=O)N(Sc2ccc(F)cc2Cl)C(c2ccsc2)(c2cccc(OCC3CCCC3)n2)C1. The molecule has 2 aromatic heterocycles. The molecule has 0 N–H and O–H groups in total. The van der Waals surface area contributed by atoms with Crippen molar-refractivity contribution in [1.29, 1.82) is 0 Å². The van der Waals surface area contributed by atoms with Gasteiger partial charge >= 0.3 is 0 Å². The smallest absolute Gasteiger partial charge is 0.241 e. The van der Waals surface area contributed by atoms with Crippen molar-refractivity contribution in [1.82, 2.24) is 9.29 Å². The number of carbonyl (C=O) groups is 2. The fraction of sp³-hybridized carbons (Fsp3) is 0.346. The Hall–Kier alpha value is -2.42. The molecule has 1 unspecified atom stereocenters. The van der Waals surface area contributed by atoms with Gasteiger partial charge in [0.25, 0.3) is 0 Å². The Morgan fingerprint density at radius 3 is 2.77 bits per heavy atom. The highest BCUT2D eigenvalue weighted by Gasteiger charge is 2.51. The van der Waals surface area contributed by atoms with Crippen molar-refractivity contribution in [3.05, 3.63) is 75.3 Å². The van der Waals surface area contributed by atoms with E-state index in [1.54, 1.807) is 16.4 Å². The van der Waals surface area contributed by atoms with Crippen LogP contribution in [0.2, 0.25) is 5.02 Å². The number of Topliss-reactive ketones (excluding diaryl/α,β-unsaturated/α-hetero) is 1. The molecule has 2 fully saturated rings. The first-order valence-corrected chi connectivity index (χ1v) is 13.7. The zero-order valence-electron chi connectivity index (χ0n) is 18.9. The Bertz CT molecular complexity index is 1230. The molecule has 5 rings (SSSR count). The van der Waals surface area contributed by atoms with Crippen molar-refractivity contribution in [3.8, 4) is 5.88 Å². The fourth-order valence-electron chi connectivity index (χ4n) is 4.82. The molecule has 35 heavy (non-hydrogen) atoms. The van der Waals surface area contributed by atoms with Gasteiger partial charge in [-0.2, -0.15) is 11.3 Å². The molecule has 1 saturated heterocycles. The Labute approximate surface area is 216 Å². The molecule has 0 spiro atoms. The first-order chi connectivity index (χ1) is 17.0. The van der Waals surface area contributed by atoms with Crippen LogP contribution in [0.4, 0.5) is 4.39 Å². The number of halogens is 2. The molecule has 182 valence electrons. The van der Waals surface area contributed by atoms with E-state index in [4.69, 9.17) is 21.3 Å². The van der Waals surface area contributed by atoms with Crippen LogP contribution in [-0.2, 0) is 15.1 Å². The maximum Gasteiger partial charge on any atom is 0.241 e. The largest absolute Gasteiger partial charge is 0.477 e. The second kappa shape index (κ2) is 10.3. The number of carbonyl (C=O) groups excluding carboxylic acids is 2. The highest BCUT2D eigenvalue weighted by atomic mass is 35.5. The average Bonchev–Trinajstić information content (AvgIpc) is 3.55. The van der Waals surface area contributed by atoms with Crippen molar-refractivity contribution >= 4 is 46.6 Å². The van der Waals surface area contributed by atoms with Crippen LogP contribution in [0.3, 0.4) is 0 Å². The van der Waals surface area contributed by atoms with E-state index in [-0.39, 0.29) is 29.6 Å². The quantitative estimate of drug-likeness (QED) is 0.253. The molecular weight excluding hydrogens is 507 g/mol. The van der Waals surface area contributed by atoms with Crippen LogP contribution in [0.1, 0.15) is 49.8 Å². The molecule has 2 aliphatic rings. The minimum atomic E-state index is -1.15. The van der Waals surface area contributed by atoms with Crippen molar-refractivity contribution in [2.75, 3.05) is 6.61 Å². The minimum absolute atomic E-state index is 0.0698. The number of thiophene rings is 1. The van der Waals surface area contributed by atoms with E-state index in [2.05, 4.69) is 0 Å². The van der Waals surface area contributed by atoms with Gasteiger partial charge in [0.1, 0.15) is 17.1 Å². The van der Waals surface area contributed by atoms with Gasteiger partial charge < -0.3 is 4.74 Å². The first-order valence-electron chi connectivity index (χ1n) is 11.6. The van der Waals surface area contributed by atoms with Crippen LogP contribution in [0.25, 0.3) is 0 Å². The third-order valence-electron chi connectivity index (χ3n) is 6.55. The topological polar surface area (TPSA) is 59.5 Å². The summed E-state index contributed by atoms with van der Waals surface area (Å²) in [6.45, 7) is 0.601. The van der Waals surface area contributed by atoms with Crippen LogP contribution in [0, 0.1) is 11.7 Å². The van der Waals surface area contributed by atoms with Gasteiger partial charge in [-0.1, -0.05) is 30.5 Å². The van der Waals surface area contributed by atoms with Gasteiger partial charge in [-0.05, 0) is 77.4 Å². The lowest BCUT2D eigenvalue weighted by atomic mass is 9.79. The summed E-state index contributed by atoms with van der Waals surface area (Å²) in [7, 11) is 0. The van der Waals surface area contributed by atoms with Crippen LogP contribution in [0.5, 0.6) is 5.88 Å². The second-order valence-corrected chi connectivity index (χ2v) is 11.1. The summed E-state index contributed by atoms with van der Waals surface area (Å²) in [5.41, 5.74) is 0.184. The third kappa shape index (κ3) is 4.97. The van der Waals surface area contributed by atoms with Gasteiger partial charge in [-0.3, -0.25) is 13.9 Å². The number of nitrogens with zero attached hydrogens (tertiary/aromatic N) is 2. The van der Waals surface area contributed by atoms with Crippen LogP contribution in [-0.4, -0.2) is 27.6 Å². The van der Waals surface area contributed by atoms with Crippen molar-refractivity contribution < 1.29 is 18.7 Å². The number of rotatable bonds is 7. The predicted octanol–water partition coefficient (Wildman–Crippen LogP) is 6.65. The van der Waals surface area contributed by atoms with Gasteiger partial charge in [-0.25, -0.2) is 9.37 Å². The van der Waals surface area contributed by atoms with Crippen molar-refractivity contribution in [2.24, 2.45) is 5.92 Å². The minimum Gasteiger partial charge on any atom is -0.477 e. The molecule has 0 bridgehead atoms. The Balaban J connectivity index is 1.57. The number of ketones is 1. The fourth-order valence-corrected chi connectivity index (χ4v) is 6.87. The standard InChI is InChI=1S/C26H24ClFN2O3S2/c27-21-12-19(28)8-9-22(21)35-30-25(32)13-20(31)14-26(30,18-10-11-34-16-18)23-6-3-7-24(29-23)33-15-17-4-1-2-5-17/h3,6-12,16-17H,1-2,4-5,13-15H2. The van der Waals surface area contributed by atoms with Gasteiger partial charge in [-0.15, -0.1) is 0 Å². The second-order valence-electron chi connectivity index (χ2n) is 8.94. The van der Waals surface area contributed by atoms with E-state index in [9.17, 15) is 14.0 Å². The summed E-state index contributed by atoms with van der Waals surface area (Å²) in [6, 6.07) is 11.4. The molecule has 1 aliphatic carbocycles. The number of hydrogen-bond acceptors (Lipinski definition) is 6. The average molecular weight is 531 g/mol. The molecule has 1 aromatic carbocycles. The van der Waals surface area contributed by atoms with Gasteiger partial charge in [0.15, 0.2) is 0 Å². The van der Waals surface area contributed by atoms with E-state index >= 15 is 0 Å². The van der Waals surface area contributed by atoms with Crippen LogP contribution >= 0.6 is 34.9 Å². The molecule has 3 heterocycles. The molecule has 5 nitrogen and oxygen atoms in total. The molecule has 1 atom stereocenters. The lowest BCUT2D eigenvalue weighted by molar-refractivity contribution is -0.140. The summed E-state index contributed by atoms with van der Waals surface area (Å²) in [4.78, 5) is 31.6. The van der Waals surface area contributed by atoms with E-state index in [0.29, 0.717) is 29.0 Å². The molecule has 0 radical (unpaired) electrons. The number of pyridine rings is 1. The summed E-state index contributed by atoms with van der Waals surface area (Å²) >= 11 is 8.91. The molecular formula is C26H24ClFN2O3S2. The Kier molecular flexibility index (Phi) is 7.14. The highest BCUT2D eigenvalue weighted by molar-refractivity contribution is 7.97. The number of amides is 1. The van der Waals surface area contributed by atoms with E-state index in [1.807, 2.05) is 29.0 Å². The van der Waals surface area contributed by atoms with E-state index < -0.39 is 11.4 Å². The maximum absolute atomic E-state index is 13.7. The first kappa shape index (κ1) is 24.3. The van der Waals surface area contributed by atoms with Gasteiger partial charge in [0, 0.05) is 17.4 Å². The molecule has 3 aromatic rings. The monoisotopic (exact) mass is 530 g/mol. The zero-order valence-corrected chi connectivity index (χ0v) is 21.3. The van der Waals surface area contributed by atoms with Crippen molar-refractivity contribution in [3.63, 3.8) is 0 Å². The lowest BCUT2D eigenvalue weighted by Gasteiger charge is -2.44. The lowest BCUT2D eigenvalue weighted by Crippen LogP contribution is -2.52. The molecule has 1 amide bonds. The van der Waals surface area contributed by atoms with Crippen LogP contribution < -0.4 is 4.74 Å². The number of ether oxygens (including phenoxy) is 1. The number of hydrogen-bond donors (Lipinski definition) is 0. The number of benzene rings is 1. The summed E-state index contributed by atoms with van der Waals surface area (Å²) in [5, 5.41) is 4.04. The molecule has 9 heteroatoms. The predicted molar refractivity (Wildman–Crippen MR) is 135 cm³/mol. The van der Waals surface area contributed by atoms with E-state index in [1.165, 1.54) is 36.3 Å². The summed E-state index contributed by atoms with van der Waals surface area (Å²) in [5.74, 6) is 0.0210. The van der Waals surface area contributed by atoms with E-state index in [0.717, 1.165) is 30.4 Å². The highest BCUT2D eigenvalue weighted by Crippen LogP contribution is 2.49. The normalized spacial score (nSPS) is 21.0. The number of piperidine rings is 1. The van der Waals surface area contributed by atoms with Crippen molar-refractivity contribution in [2.45, 2.75) is 49.0 Å². The van der Waals surface area contributed by atoms with Gasteiger partial charge in [0.05, 0.1) is 23.7 Å². The Morgan fingerprint density at radius 1 is 1.20 bits per heavy atom. The van der Waals surface area contributed by atoms with Gasteiger partial charge in [0.2, 0.25) is 11.8 Å². The summed E-state index contributed by atoms with van der Waals surface area (Å²) in [6.07, 6.45) is 4.63. The molecule has 1 saturated carbocycles. The van der Waals surface area contributed by atoms with Crippen LogP contribution in [0.15, 0.2) is 58.1 Å². The zero-order chi connectivity index (χ0) is 24.4. The molecule has 1 aliphatic heterocycles. The third-order valence-corrected chi connectivity index (χ3v) is 8.90. The number of aromatic nitrogens is 1. The maximum atomic E-state index is 13.7.